The number of rotatable bonds is 3. The number of halogens is 1. The minimum absolute atomic E-state index is 0.157. The molecule has 8 heteroatoms. The Hall–Kier alpha value is -1.60. The molecular weight excluding hydrogens is 244 g/mol. The Morgan fingerprint density at radius 3 is 3.00 bits per heavy atom. The molecule has 17 heavy (non-hydrogen) atoms. The lowest BCUT2D eigenvalue weighted by Crippen LogP contribution is -2.28. The van der Waals surface area contributed by atoms with E-state index in [-0.39, 0.29) is 17.8 Å². The fourth-order valence-electron chi connectivity index (χ4n) is 1.83. The molecule has 1 aliphatic rings. The third-order valence-corrected chi connectivity index (χ3v) is 3.01. The molecule has 0 aromatic carbocycles. The van der Waals surface area contributed by atoms with Gasteiger partial charge in [0, 0.05) is 13.1 Å². The van der Waals surface area contributed by atoms with E-state index in [2.05, 4.69) is 15.4 Å². The Kier molecular flexibility index (Phi) is 3.30. The molecule has 1 fully saturated rings. The molecule has 0 aliphatic carbocycles. The first-order valence-corrected chi connectivity index (χ1v) is 5.53. The summed E-state index contributed by atoms with van der Waals surface area (Å²) in [4.78, 5) is 21.0. The number of carbonyl (C=O) groups excluding carboxylic acids is 1. The average molecular weight is 257 g/mol. The molecule has 92 valence electrons. The van der Waals surface area contributed by atoms with Crippen LogP contribution in [-0.4, -0.2) is 29.0 Å². The Morgan fingerprint density at radius 1 is 1.65 bits per heavy atom. The van der Waals surface area contributed by atoms with Crippen LogP contribution in [-0.2, 0) is 4.79 Å². The Bertz CT molecular complexity index is 439. The van der Waals surface area contributed by atoms with Crippen LogP contribution in [0.25, 0.3) is 0 Å². The van der Waals surface area contributed by atoms with Crippen LogP contribution in [0, 0.1) is 5.92 Å². The van der Waals surface area contributed by atoms with Crippen molar-refractivity contribution in [2.45, 2.75) is 6.42 Å². The Labute approximate surface area is 103 Å². The van der Waals surface area contributed by atoms with Crippen molar-refractivity contribution in [3.8, 4) is 0 Å². The lowest BCUT2D eigenvalue weighted by molar-refractivity contribution is -0.121. The fraction of sp³-hybridized carbons (Fsp3) is 0.444. The van der Waals surface area contributed by atoms with Crippen LogP contribution in [0.4, 0.5) is 11.8 Å². The summed E-state index contributed by atoms with van der Waals surface area (Å²) >= 11 is 6.01. The number of nitrogens with two attached hydrogens (primary N) is 2. The van der Waals surface area contributed by atoms with Gasteiger partial charge in [-0.3, -0.25) is 10.2 Å². The smallest absolute Gasteiger partial charge is 0.239 e. The zero-order valence-corrected chi connectivity index (χ0v) is 9.81. The van der Waals surface area contributed by atoms with Crippen molar-refractivity contribution in [2.24, 2.45) is 17.5 Å². The Balaban J connectivity index is 2.20. The quantitative estimate of drug-likeness (QED) is 0.507. The van der Waals surface area contributed by atoms with Gasteiger partial charge in [-0.1, -0.05) is 11.6 Å². The third kappa shape index (κ3) is 2.40. The van der Waals surface area contributed by atoms with E-state index in [4.69, 9.17) is 23.2 Å². The van der Waals surface area contributed by atoms with Gasteiger partial charge in [0.25, 0.3) is 0 Å². The van der Waals surface area contributed by atoms with Gasteiger partial charge >= 0.3 is 0 Å². The van der Waals surface area contributed by atoms with Crippen molar-refractivity contribution in [2.75, 3.05) is 23.4 Å². The second-order valence-electron chi connectivity index (χ2n) is 3.84. The van der Waals surface area contributed by atoms with Gasteiger partial charge in [-0.05, 0) is 6.42 Å². The molecule has 1 atom stereocenters. The molecule has 7 nitrogen and oxygen atoms in total. The lowest BCUT2D eigenvalue weighted by Gasteiger charge is -2.18. The largest absolute Gasteiger partial charge is 0.369 e. The summed E-state index contributed by atoms with van der Waals surface area (Å²) in [5, 5.41) is 0.425. The number of aromatic nitrogens is 2. The summed E-state index contributed by atoms with van der Waals surface area (Å²) in [6.07, 6.45) is 2.18. The number of nitrogen functional groups attached to an aromatic ring is 1. The first-order valence-electron chi connectivity index (χ1n) is 5.15. The third-order valence-electron chi connectivity index (χ3n) is 2.74. The van der Waals surface area contributed by atoms with E-state index in [9.17, 15) is 4.79 Å². The number of primary amides is 1. The second-order valence-corrected chi connectivity index (χ2v) is 4.25. The average Bonchev–Trinajstić information content (AvgIpc) is 2.79. The van der Waals surface area contributed by atoms with Crippen LogP contribution >= 0.6 is 11.6 Å². The van der Waals surface area contributed by atoms with E-state index in [0.29, 0.717) is 30.4 Å². The molecule has 0 spiro atoms. The molecule has 1 aromatic rings. The summed E-state index contributed by atoms with van der Waals surface area (Å²) in [5.74, 6) is 5.63. The molecule has 0 saturated carbocycles. The molecule has 2 heterocycles. The number of anilines is 2. The molecule has 1 saturated heterocycles. The maximum Gasteiger partial charge on any atom is 0.239 e. The number of hydrazine groups is 1. The maximum absolute atomic E-state index is 11.1. The van der Waals surface area contributed by atoms with E-state index in [1.54, 1.807) is 0 Å². The van der Waals surface area contributed by atoms with E-state index in [1.807, 2.05) is 4.90 Å². The summed E-state index contributed by atoms with van der Waals surface area (Å²) in [5.41, 5.74) is 7.62. The highest BCUT2D eigenvalue weighted by molar-refractivity contribution is 6.32. The molecule has 1 aromatic heterocycles. The van der Waals surface area contributed by atoms with E-state index >= 15 is 0 Å². The van der Waals surface area contributed by atoms with Gasteiger partial charge in [0.2, 0.25) is 11.9 Å². The van der Waals surface area contributed by atoms with Crippen LogP contribution < -0.4 is 21.9 Å². The highest BCUT2D eigenvalue weighted by atomic mass is 35.5. The van der Waals surface area contributed by atoms with Crippen LogP contribution in [0.1, 0.15) is 6.42 Å². The highest BCUT2D eigenvalue weighted by Crippen LogP contribution is 2.28. The van der Waals surface area contributed by atoms with Crippen LogP contribution in [0.2, 0.25) is 5.02 Å². The van der Waals surface area contributed by atoms with Gasteiger partial charge in [0.05, 0.1) is 12.1 Å². The van der Waals surface area contributed by atoms with Crippen molar-refractivity contribution in [3.63, 3.8) is 0 Å². The van der Waals surface area contributed by atoms with Gasteiger partial charge in [0.15, 0.2) is 5.82 Å². The number of amides is 1. The molecule has 0 bridgehead atoms. The number of carbonyl (C=O) groups is 1. The molecule has 0 radical (unpaired) electrons. The second kappa shape index (κ2) is 4.72. The van der Waals surface area contributed by atoms with Crippen LogP contribution in [0.15, 0.2) is 6.20 Å². The highest BCUT2D eigenvalue weighted by Gasteiger charge is 2.28. The van der Waals surface area contributed by atoms with Gasteiger partial charge in [-0.15, -0.1) is 0 Å². The lowest BCUT2D eigenvalue weighted by atomic mass is 10.1. The molecule has 5 N–H and O–H groups in total. The van der Waals surface area contributed by atoms with Crippen molar-refractivity contribution >= 4 is 29.3 Å². The zero-order valence-electron chi connectivity index (χ0n) is 9.06. The molecular formula is C9H13ClN6O. The Morgan fingerprint density at radius 2 is 2.41 bits per heavy atom. The standard InChI is InChI=1S/C9H13ClN6O/c10-6-3-13-9(15-12)14-8(6)16-2-1-5(4-16)7(11)17/h3,5H,1-2,4,12H2,(H2,11,17)(H,13,14,15). The first-order chi connectivity index (χ1) is 8.11. The van der Waals surface area contributed by atoms with Crippen molar-refractivity contribution in [1.29, 1.82) is 0 Å². The summed E-state index contributed by atoms with van der Waals surface area (Å²) in [6.45, 7) is 1.21. The van der Waals surface area contributed by atoms with Crippen LogP contribution in [0.5, 0.6) is 0 Å². The van der Waals surface area contributed by atoms with Gasteiger partial charge in [-0.25, -0.2) is 10.8 Å². The van der Waals surface area contributed by atoms with E-state index in [1.165, 1.54) is 6.20 Å². The first kappa shape index (κ1) is 11.9. The minimum Gasteiger partial charge on any atom is -0.369 e. The monoisotopic (exact) mass is 256 g/mol. The number of hydrogen-bond acceptors (Lipinski definition) is 6. The molecule has 1 unspecified atom stereocenters. The van der Waals surface area contributed by atoms with E-state index < -0.39 is 0 Å². The zero-order chi connectivity index (χ0) is 12.4. The predicted molar refractivity (Wildman–Crippen MR) is 64.4 cm³/mol. The van der Waals surface area contributed by atoms with Crippen LogP contribution in [0.3, 0.4) is 0 Å². The predicted octanol–water partition coefficient (Wildman–Crippen LogP) is -0.273. The van der Waals surface area contributed by atoms with Gasteiger partial charge in [0.1, 0.15) is 5.02 Å². The van der Waals surface area contributed by atoms with Crippen molar-refractivity contribution < 1.29 is 4.79 Å². The summed E-state index contributed by atoms with van der Waals surface area (Å²) in [6, 6.07) is 0. The maximum atomic E-state index is 11.1. The normalized spacial score (nSPS) is 19.4. The van der Waals surface area contributed by atoms with Crippen molar-refractivity contribution in [3.05, 3.63) is 11.2 Å². The molecule has 1 amide bonds. The van der Waals surface area contributed by atoms with Crippen molar-refractivity contribution in [1.82, 2.24) is 9.97 Å². The SMILES string of the molecule is NNc1ncc(Cl)c(N2CCC(C(N)=O)C2)n1. The van der Waals surface area contributed by atoms with E-state index in [0.717, 1.165) is 0 Å². The minimum atomic E-state index is -0.296. The number of nitrogens with one attached hydrogen (secondary N) is 1. The summed E-state index contributed by atoms with van der Waals surface area (Å²) in [7, 11) is 0. The number of nitrogens with zero attached hydrogens (tertiary/aromatic N) is 3. The van der Waals surface area contributed by atoms with Gasteiger partial charge in [-0.2, -0.15) is 4.98 Å². The fourth-order valence-corrected chi connectivity index (χ4v) is 2.04. The topological polar surface area (TPSA) is 110 Å². The summed E-state index contributed by atoms with van der Waals surface area (Å²) < 4.78 is 0. The molecule has 2 rings (SSSR count). The molecule has 1 aliphatic heterocycles. The number of hydrogen-bond donors (Lipinski definition) is 3. The van der Waals surface area contributed by atoms with Gasteiger partial charge < -0.3 is 10.6 Å².